The van der Waals surface area contributed by atoms with Crippen LogP contribution in [0.4, 0.5) is 0 Å². The lowest BCUT2D eigenvalue weighted by atomic mass is 10.0. The number of amides is 1. The van der Waals surface area contributed by atoms with Gasteiger partial charge >= 0.3 is 5.69 Å². The Morgan fingerprint density at radius 1 is 1.22 bits per heavy atom. The molecule has 0 saturated carbocycles. The molecular weight excluding hydrogens is 344 g/mol. The second-order valence-corrected chi connectivity index (χ2v) is 7.07. The van der Waals surface area contributed by atoms with E-state index in [4.69, 9.17) is 0 Å². The Kier molecular flexibility index (Phi) is 6.59. The van der Waals surface area contributed by atoms with Crippen molar-refractivity contribution in [3.63, 3.8) is 0 Å². The van der Waals surface area contributed by atoms with Gasteiger partial charge in [-0.25, -0.2) is 4.79 Å². The van der Waals surface area contributed by atoms with Crippen LogP contribution in [0.2, 0.25) is 0 Å². The molecule has 1 atom stereocenters. The minimum atomic E-state index is -0.567. The number of H-pyrrole nitrogens is 2. The molecule has 0 radical (unpaired) electrons. The number of carbonyl (C=O) groups excluding carboxylic acids is 1. The molecule has 3 rings (SSSR count). The molecule has 7 nitrogen and oxygen atoms in total. The quantitative estimate of drug-likeness (QED) is 0.672. The van der Waals surface area contributed by atoms with Crippen LogP contribution in [0.25, 0.3) is 0 Å². The molecule has 1 aliphatic heterocycles. The van der Waals surface area contributed by atoms with Gasteiger partial charge in [-0.15, -0.1) is 0 Å². The van der Waals surface area contributed by atoms with E-state index in [1.165, 1.54) is 11.8 Å². The number of hydrogen-bond acceptors (Lipinski definition) is 4. The van der Waals surface area contributed by atoms with Gasteiger partial charge in [0.1, 0.15) is 0 Å². The fourth-order valence-corrected chi connectivity index (χ4v) is 3.55. The highest BCUT2D eigenvalue weighted by molar-refractivity contribution is 5.78. The highest BCUT2D eigenvalue weighted by atomic mass is 16.2. The van der Waals surface area contributed by atoms with Crippen molar-refractivity contribution in [1.29, 1.82) is 0 Å². The normalized spacial score (nSPS) is 17.6. The van der Waals surface area contributed by atoms with Gasteiger partial charge in [-0.1, -0.05) is 30.3 Å². The van der Waals surface area contributed by atoms with Crippen LogP contribution >= 0.6 is 0 Å². The molecule has 2 aromatic rings. The molecule has 144 valence electrons. The van der Waals surface area contributed by atoms with Gasteiger partial charge in [0.25, 0.3) is 5.56 Å². The first kappa shape index (κ1) is 19.1. The van der Waals surface area contributed by atoms with E-state index >= 15 is 0 Å². The minimum Gasteiger partial charge on any atom is -0.352 e. The second kappa shape index (κ2) is 9.32. The van der Waals surface area contributed by atoms with Gasteiger partial charge < -0.3 is 15.2 Å². The van der Waals surface area contributed by atoms with E-state index in [0.717, 1.165) is 45.3 Å². The van der Waals surface area contributed by atoms with E-state index in [2.05, 4.69) is 44.5 Å². The van der Waals surface area contributed by atoms with Crippen LogP contribution in [-0.4, -0.2) is 46.5 Å². The molecule has 3 N–H and O–H groups in total. The fraction of sp³-hybridized carbons (Fsp3) is 0.450. The second-order valence-electron chi connectivity index (χ2n) is 7.07. The number of hydrogen-bond donors (Lipinski definition) is 3. The number of aromatic amines is 2. The predicted molar refractivity (Wildman–Crippen MR) is 104 cm³/mol. The number of aromatic nitrogens is 2. The van der Waals surface area contributed by atoms with Crippen molar-refractivity contribution in [1.82, 2.24) is 20.2 Å². The van der Waals surface area contributed by atoms with Crippen molar-refractivity contribution in [3.05, 3.63) is 68.5 Å². The summed E-state index contributed by atoms with van der Waals surface area (Å²) in [6.45, 7) is 2.91. The lowest BCUT2D eigenvalue weighted by Gasteiger charge is -2.33. The van der Waals surface area contributed by atoms with E-state index in [0.29, 0.717) is 0 Å². The standard InChI is InChI=1S/C20H26N4O3/c25-18(12-16-13-21-20(27)23-19(16)26)22-17-9-5-11-24(14-17)10-4-8-15-6-2-1-3-7-15/h1-3,6-7,13,17H,4-5,8-12,14H2,(H,22,25)(H2,21,23,26,27)/t17-/m0/s1. The van der Waals surface area contributed by atoms with E-state index in [9.17, 15) is 14.4 Å². The summed E-state index contributed by atoms with van der Waals surface area (Å²) in [7, 11) is 0. The molecule has 1 fully saturated rings. The summed E-state index contributed by atoms with van der Waals surface area (Å²) in [4.78, 5) is 41.9. The highest BCUT2D eigenvalue weighted by Crippen LogP contribution is 2.12. The SMILES string of the molecule is O=C(Cc1c[nH]c(=O)[nH]c1=O)N[C@H]1CCCN(CCCc2ccccc2)C1. The first-order valence-corrected chi connectivity index (χ1v) is 9.46. The van der Waals surface area contributed by atoms with Crippen LogP contribution in [-0.2, 0) is 17.6 Å². The minimum absolute atomic E-state index is 0.0311. The van der Waals surface area contributed by atoms with Crippen molar-refractivity contribution in [2.45, 2.75) is 38.1 Å². The third-order valence-electron chi connectivity index (χ3n) is 4.90. The van der Waals surface area contributed by atoms with E-state index in [-0.39, 0.29) is 23.9 Å². The summed E-state index contributed by atoms with van der Waals surface area (Å²) in [6.07, 6.45) is 5.42. The fourth-order valence-electron chi connectivity index (χ4n) is 3.55. The first-order chi connectivity index (χ1) is 13.1. The van der Waals surface area contributed by atoms with Crippen LogP contribution in [0.5, 0.6) is 0 Å². The van der Waals surface area contributed by atoms with E-state index < -0.39 is 11.2 Å². The van der Waals surface area contributed by atoms with Gasteiger partial charge in [-0.3, -0.25) is 14.6 Å². The van der Waals surface area contributed by atoms with Gasteiger partial charge in [0.05, 0.1) is 6.42 Å². The van der Waals surface area contributed by atoms with Gasteiger partial charge in [0.2, 0.25) is 5.91 Å². The van der Waals surface area contributed by atoms with Crippen molar-refractivity contribution in [2.75, 3.05) is 19.6 Å². The number of rotatable bonds is 7. The van der Waals surface area contributed by atoms with Crippen LogP contribution < -0.4 is 16.6 Å². The molecule has 0 bridgehead atoms. The van der Waals surface area contributed by atoms with Crippen LogP contribution in [0.15, 0.2) is 46.1 Å². The zero-order valence-corrected chi connectivity index (χ0v) is 15.4. The molecule has 1 saturated heterocycles. The van der Waals surface area contributed by atoms with E-state index in [1.807, 2.05) is 6.07 Å². The van der Waals surface area contributed by atoms with Crippen molar-refractivity contribution in [2.24, 2.45) is 0 Å². The number of nitrogens with zero attached hydrogens (tertiary/aromatic N) is 1. The Morgan fingerprint density at radius 2 is 2.04 bits per heavy atom. The number of benzene rings is 1. The largest absolute Gasteiger partial charge is 0.352 e. The molecule has 1 amide bonds. The Hall–Kier alpha value is -2.67. The molecule has 1 aromatic carbocycles. The van der Waals surface area contributed by atoms with Crippen molar-refractivity contribution < 1.29 is 4.79 Å². The maximum Gasteiger partial charge on any atom is 0.325 e. The summed E-state index contributed by atoms with van der Waals surface area (Å²) in [6, 6.07) is 10.6. The van der Waals surface area contributed by atoms with Crippen molar-refractivity contribution in [3.8, 4) is 0 Å². The summed E-state index contributed by atoms with van der Waals surface area (Å²) in [5.41, 5.74) is 0.538. The molecule has 1 aliphatic rings. The predicted octanol–water partition coefficient (Wildman–Crippen LogP) is 0.819. The zero-order valence-electron chi connectivity index (χ0n) is 15.4. The van der Waals surface area contributed by atoms with Crippen LogP contribution in [0.3, 0.4) is 0 Å². The van der Waals surface area contributed by atoms with Gasteiger partial charge in [-0.2, -0.15) is 0 Å². The van der Waals surface area contributed by atoms with Crippen molar-refractivity contribution >= 4 is 5.91 Å². The third-order valence-corrected chi connectivity index (χ3v) is 4.90. The van der Waals surface area contributed by atoms with E-state index in [1.54, 1.807) is 0 Å². The topological polar surface area (TPSA) is 98.1 Å². The number of aryl methyl sites for hydroxylation is 1. The Morgan fingerprint density at radius 3 is 2.81 bits per heavy atom. The summed E-state index contributed by atoms with van der Waals surface area (Å²) in [5.74, 6) is -0.191. The van der Waals surface area contributed by atoms with Crippen LogP contribution in [0, 0.1) is 0 Å². The molecule has 7 heteroatoms. The monoisotopic (exact) mass is 370 g/mol. The Bertz CT molecular complexity index is 859. The summed E-state index contributed by atoms with van der Waals surface area (Å²) < 4.78 is 0. The molecular formula is C20H26N4O3. The zero-order chi connectivity index (χ0) is 19.1. The Balaban J connectivity index is 1.44. The van der Waals surface area contributed by atoms with Crippen LogP contribution in [0.1, 0.15) is 30.4 Å². The molecule has 2 heterocycles. The third kappa shape index (κ3) is 5.92. The number of carbonyl (C=O) groups is 1. The molecule has 0 aliphatic carbocycles. The molecule has 1 aromatic heterocycles. The molecule has 0 unspecified atom stereocenters. The van der Waals surface area contributed by atoms with Gasteiger partial charge in [-0.05, 0) is 44.3 Å². The average Bonchev–Trinajstić information content (AvgIpc) is 2.65. The maximum absolute atomic E-state index is 12.2. The smallest absolute Gasteiger partial charge is 0.325 e. The molecule has 27 heavy (non-hydrogen) atoms. The average molecular weight is 370 g/mol. The summed E-state index contributed by atoms with van der Waals surface area (Å²) >= 11 is 0. The maximum atomic E-state index is 12.2. The number of piperidine rings is 1. The Labute approximate surface area is 157 Å². The number of nitrogens with one attached hydrogen (secondary N) is 3. The number of likely N-dealkylation sites (tertiary alicyclic amines) is 1. The summed E-state index contributed by atoms with van der Waals surface area (Å²) in [5, 5.41) is 3.02. The lowest BCUT2D eigenvalue weighted by molar-refractivity contribution is -0.121. The van der Waals surface area contributed by atoms with Gasteiger partial charge in [0.15, 0.2) is 0 Å². The molecule has 0 spiro atoms. The highest BCUT2D eigenvalue weighted by Gasteiger charge is 2.21. The lowest BCUT2D eigenvalue weighted by Crippen LogP contribution is -2.48. The van der Waals surface area contributed by atoms with Gasteiger partial charge in [0, 0.05) is 24.3 Å². The first-order valence-electron chi connectivity index (χ1n) is 9.46.